The standard InChI is InChI=1S/C20H19NO2/c22-20(21-11-9-16-3-1-2-4-18(16)14-21)8-6-15-5-7-19-17(13-15)10-12-23-19/h1-8,13H,9-12,14H2/b8-6+. The maximum absolute atomic E-state index is 12.4. The molecule has 0 bridgehead atoms. The summed E-state index contributed by atoms with van der Waals surface area (Å²) < 4.78 is 5.51. The van der Waals surface area contributed by atoms with Gasteiger partial charge in [0.2, 0.25) is 5.91 Å². The lowest BCUT2D eigenvalue weighted by Gasteiger charge is -2.27. The highest BCUT2D eigenvalue weighted by Gasteiger charge is 2.18. The van der Waals surface area contributed by atoms with Gasteiger partial charge in [0.25, 0.3) is 0 Å². The highest BCUT2D eigenvalue weighted by Crippen LogP contribution is 2.26. The molecule has 0 fully saturated rings. The molecule has 2 aromatic rings. The fourth-order valence-electron chi connectivity index (χ4n) is 3.27. The van der Waals surface area contributed by atoms with Crippen molar-refractivity contribution < 1.29 is 9.53 Å². The first-order valence-electron chi connectivity index (χ1n) is 8.09. The van der Waals surface area contributed by atoms with Crippen molar-refractivity contribution in [3.63, 3.8) is 0 Å². The van der Waals surface area contributed by atoms with Crippen molar-refractivity contribution in [3.8, 4) is 5.75 Å². The predicted molar refractivity (Wildman–Crippen MR) is 90.2 cm³/mol. The summed E-state index contributed by atoms with van der Waals surface area (Å²) in [6.07, 6.45) is 5.48. The van der Waals surface area contributed by atoms with Crippen molar-refractivity contribution in [1.29, 1.82) is 0 Å². The van der Waals surface area contributed by atoms with Crippen LogP contribution < -0.4 is 4.74 Å². The summed E-state index contributed by atoms with van der Waals surface area (Å²) in [4.78, 5) is 14.3. The summed E-state index contributed by atoms with van der Waals surface area (Å²) in [5.74, 6) is 1.05. The van der Waals surface area contributed by atoms with Crippen LogP contribution in [0.15, 0.2) is 48.5 Å². The van der Waals surface area contributed by atoms with E-state index in [0.29, 0.717) is 6.54 Å². The van der Waals surface area contributed by atoms with Crippen LogP contribution in [0, 0.1) is 0 Å². The number of carbonyl (C=O) groups excluding carboxylic acids is 1. The zero-order valence-corrected chi connectivity index (χ0v) is 13.0. The Morgan fingerprint density at radius 1 is 1.04 bits per heavy atom. The lowest BCUT2D eigenvalue weighted by Crippen LogP contribution is -2.34. The van der Waals surface area contributed by atoms with Crippen molar-refractivity contribution >= 4 is 12.0 Å². The predicted octanol–water partition coefficient (Wildman–Crippen LogP) is 3.22. The molecule has 0 saturated heterocycles. The van der Waals surface area contributed by atoms with E-state index in [1.165, 1.54) is 16.7 Å². The lowest BCUT2D eigenvalue weighted by molar-refractivity contribution is -0.126. The van der Waals surface area contributed by atoms with Gasteiger partial charge in [-0.1, -0.05) is 30.3 Å². The van der Waals surface area contributed by atoms with E-state index in [4.69, 9.17) is 4.74 Å². The molecule has 2 heterocycles. The highest BCUT2D eigenvalue weighted by molar-refractivity contribution is 5.92. The number of rotatable bonds is 2. The molecule has 0 aromatic heterocycles. The molecule has 3 nitrogen and oxygen atoms in total. The number of ether oxygens (including phenoxy) is 1. The molecule has 23 heavy (non-hydrogen) atoms. The van der Waals surface area contributed by atoms with Crippen molar-refractivity contribution in [3.05, 3.63) is 70.8 Å². The summed E-state index contributed by atoms with van der Waals surface area (Å²) in [5.41, 5.74) is 4.90. The molecule has 0 aliphatic carbocycles. The molecule has 1 amide bonds. The van der Waals surface area contributed by atoms with Crippen LogP contribution in [-0.4, -0.2) is 24.0 Å². The number of benzene rings is 2. The van der Waals surface area contributed by atoms with E-state index >= 15 is 0 Å². The SMILES string of the molecule is O=C(/C=C/c1ccc2c(c1)CCO2)N1CCc2ccccc2C1. The third kappa shape index (κ3) is 2.87. The Balaban J connectivity index is 1.46. The number of amides is 1. The largest absolute Gasteiger partial charge is 0.493 e. The van der Waals surface area contributed by atoms with E-state index in [1.807, 2.05) is 29.2 Å². The van der Waals surface area contributed by atoms with Gasteiger partial charge in [0.05, 0.1) is 6.61 Å². The normalized spacial score (nSPS) is 16.1. The van der Waals surface area contributed by atoms with Crippen LogP contribution in [0.4, 0.5) is 0 Å². The zero-order valence-electron chi connectivity index (χ0n) is 13.0. The van der Waals surface area contributed by atoms with Gasteiger partial charge < -0.3 is 9.64 Å². The second-order valence-electron chi connectivity index (χ2n) is 6.08. The zero-order chi connectivity index (χ0) is 15.6. The van der Waals surface area contributed by atoms with Gasteiger partial charge in [0, 0.05) is 25.6 Å². The quantitative estimate of drug-likeness (QED) is 0.797. The van der Waals surface area contributed by atoms with E-state index < -0.39 is 0 Å². The summed E-state index contributed by atoms with van der Waals surface area (Å²) in [6, 6.07) is 14.5. The van der Waals surface area contributed by atoms with Crippen LogP contribution in [-0.2, 0) is 24.2 Å². The van der Waals surface area contributed by atoms with Gasteiger partial charge in [-0.2, -0.15) is 0 Å². The van der Waals surface area contributed by atoms with Gasteiger partial charge in [-0.3, -0.25) is 4.79 Å². The molecular weight excluding hydrogens is 286 g/mol. The Morgan fingerprint density at radius 3 is 2.83 bits per heavy atom. The second-order valence-corrected chi connectivity index (χ2v) is 6.08. The maximum atomic E-state index is 12.4. The third-order valence-electron chi connectivity index (χ3n) is 4.57. The van der Waals surface area contributed by atoms with Crippen LogP contribution >= 0.6 is 0 Å². The molecule has 3 heteroatoms. The van der Waals surface area contributed by atoms with E-state index in [2.05, 4.69) is 24.3 Å². The van der Waals surface area contributed by atoms with E-state index in [1.54, 1.807) is 6.08 Å². The number of hydrogen-bond donors (Lipinski definition) is 0. The molecule has 2 aromatic carbocycles. The number of hydrogen-bond acceptors (Lipinski definition) is 2. The van der Waals surface area contributed by atoms with Crippen LogP contribution in [0.5, 0.6) is 5.75 Å². The first kappa shape index (κ1) is 14.1. The average Bonchev–Trinajstić information content (AvgIpc) is 3.07. The van der Waals surface area contributed by atoms with Crippen molar-refractivity contribution in [2.45, 2.75) is 19.4 Å². The minimum Gasteiger partial charge on any atom is -0.493 e. The third-order valence-corrected chi connectivity index (χ3v) is 4.57. The molecule has 0 radical (unpaired) electrons. The van der Waals surface area contributed by atoms with E-state index in [0.717, 1.165) is 37.3 Å². The van der Waals surface area contributed by atoms with Crippen LogP contribution in [0.25, 0.3) is 6.08 Å². The molecule has 2 aliphatic rings. The molecule has 0 spiro atoms. The Bertz CT molecular complexity index is 779. The fourth-order valence-corrected chi connectivity index (χ4v) is 3.27. The van der Waals surface area contributed by atoms with Gasteiger partial charge in [-0.25, -0.2) is 0 Å². The fraction of sp³-hybridized carbons (Fsp3) is 0.250. The maximum Gasteiger partial charge on any atom is 0.246 e. The number of nitrogens with zero attached hydrogens (tertiary/aromatic N) is 1. The second kappa shape index (κ2) is 5.92. The highest BCUT2D eigenvalue weighted by atomic mass is 16.5. The average molecular weight is 305 g/mol. The molecule has 116 valence electrons. The molecule has 0 N–H and O–H groups in total. The molecule has 0 atom stereocenters. The van der Waals surface area contributed by atoms with Crippen molar-refractivity contribution in [2.75, 3.05) is 13.2 Å². The summed E-state index contributed by atoms with van der Waals surface area (Å²) in [7, 11) is 0. The minimum absolute atomic E-state index is 0.0799. The molecule has 0 saturated carbocycles. The minimum atomic E-state index is 0.0799. The molecule has 0 unspecified atom stereocenters. The monoisotopic (exact) mass is 305 g/mol. The Labute approximate surface area is 136 Å². The van der Waals surface area contributed by atoms with Crippen LogP contribution in [0.2, 0.25) is 0 Å². The van der Waals surface area contributed by atoms with Gasteiger partial charge >= 0.3 is 0 Å². The van der Waals surface area contributed by atoms with Crippen LogP contribution in [0.1, 0.15) is 22.3 Å². The molecule has 4 rings (SSSR count). The Morgan fingerprint density at radius 2 is 1.91 bits per heavy atom. The Hall–Kier alpha value is -2.55. The number of carbonyl (C=O) groups is 1. The van der Waals surface area contributed by atoms with Crippen molar-refractivity contribution in [1.82, 2.24) is 4.90 Å². The summed E-state index contributed by atoms with van der Waals surface area (Å²) in [6.45, 7) is 2.25. The number of fused-ring (bicyclic) bond motifs is 2. The van der Waals surface area contributed by atoms with Gasteiger partial charge in [0.1, 0.15) is 5.75 Å². The Kier molecular flexibility index (Phi) is 3.62. The summed E-state index contributed by atoms with van der Waals surface area (Å²) >= 11 is 0. The lowest BCUT2D eigenvalue weighted by atomic mass is 10.00. The van der Waals surface area contributed by atoms with Crippen LogP contribution in [0.3, 0.4) is 0 Å². The molecule has 2 aliphatic heterocycles. The van der Waals surface area contributed by atoms with Crippen molar-refractivity contribution in [2.24, 2.45) is 0 Å². The first-order chi connectivity index (χ1) is 11.3. The van der Waals surface area contributed by atoms with Gasteiger partial charge in [0.15, 0.2) is 0 Å². The van der Waals surface area contributed by atoms with Gasteiger partial charge in [-0.05, 0) is 46.9 Å². The molecular formula is C20H19NO2. The van der Waals surface area contributed by atoms with E-state index in [-0.39, 0.29) is 5.91 Å². The smallest absolute Gasteiger partial charge is 0.246 e. The summed E-state index contributed by atoms with van der Waals surface area (Å²) in [5, 5.41) is 0. The van der Waals surface area contributed by atoms with E-state index in [9.17, 15) is 4.79 Å². The first-order valence-corrected chi connectivity index (χ1v) is 8.09. The van der Waals surface area contributed by atoms with Gasteiger partial charge in [-0.15, -0.1) is 0 Å². The topological polar surface area (TPSA) is 29.5 Å².